The van der Waals surface area contributed by atoms with Crippen LogP contribution in [0.1, 0.15) is 77.2 Å². The number of nitrogens with zero attached hydrogens (tertiary/aromatic N) is 11. The molecule has 0 spiro atoms. The predicted molar refractivity (Wildman–Crippen MR) is 502 cm³/mol. The minimum Gasteiger partial charge on any atom is -0.477 e. The Morgan fingerprint density at radius 2 is 0.756 bits per heavy atom. The second-order valence-electron chi connectivity index (χ2n) is 27.4. The van der Waals surface area contributed by atoms with Gasteiger partial charge >= 0.3 is 23.9 Å². The summed E-state index contributed by atoms with van der Waals surface area (Å²) in [6.45, 7) is 8.40. The predicted octanol–water partition coefficient (Wildman–Crippen LogP) is 24.5. The third kappa shape index (κ3) is 22.5. The van der Waals surface area contributed by atoms with E-state index in [-0.39, 0.29) is 13.1 Å². The molecule has 0 aliphatic carbocycles. The van der Waals surface area contributed by atoms with Crippen LogP contribution in [-0.2, 0) is 39.2 Å². The van der Waals surface area contributed by atoms with Crippen molar-refractivity contribution < 1.29 is 57.4 Å². The standard InChI is InChI=1S/C24H18BrN5O3.C24H17BrN2O3.C23H16BrN5O3.C16H12BrNO3.C8H6BrN.CH4/c1-32-24(31)22-13-19-20(25)11-18(33-17-5-3-2-4-6-17)12-21(19)30(22)14-15-7-9-16(10-8-15)23-26-28-29-27-23;1-26-17-10-8-16(9-11-17)15-27-22-13-19(30-18-6-4-3-5-7-18)12-21(25)20(22)14-23(27)24(28)29-2;24-19-10-17(32-16-4-2-1-3-5-16)11-20-18(19)12-21(23(30)31)29(20)13-14-6-8-15(9-7-14)22-25-27-28-26-22;1-20-16(19)15-9-12-13(17)7-11(8-14(12)18-15)21-10-5-3-2-4-6-10;9-5-7-1-3-8(6-10)4-2-7;/h2-13H,14H2,1H3,(H,26,27,28,29);3-14H,15H2,2H3;1-12H,13H2,(H,30,31)(H,25,26,27,28);2-9,18H,1H3;1-4H,5H2;1H4. The largest absolute Gasteiger partial charge is 0.477 e. The van der Waals surface area contributed by atoms with Crippen LogP contribution < -0.4 is 18.9 Å². The molecule has 12 aromatic carbocycles. The quantitative estimate of drug-likeness (QED) is 0.0225. The minimum absolute atomic E-state index is 0. The number of aromatic carboxylic acids is 1. The highest BCUT2D eigenvalue weighted by Gasteiger charge is 2.24. The Labute approximate surface area is 769 Å². The van der Waals surface area contributed by atoms with E-state index < -0.39 is 23.9 Å². The van der Waals surface area contributed by atoms with Crippen molar-refractivity contribution in [3.05, 3.63) is 371 Å². The van der Waals surface area contributed by atoms with E-state index in [1.165, 1.54) is 26.9 Å². The molecule has 0 unspecified atom stereocenters. The Hall–Kier alpha value is -14.6. The lowest BCUT2D eigenvalue weighted by Crippen LogP contribution is -2.11. The highest BCUT2D eigenvalue weighted by atomic mass is 79.9. The first-order chi connectivity index (χ1) is 61.3. The number of alkyl halides is 1. The van der Waals surface area contributed by atoms with Gasteiger partial charge < -0.3 is 56.9 Å². The van der Waals surface area contributed by atoms with Gasteiger partial charge in [-0.2, -0.15) is 15.7 Å². The van der Waals surface area contributed by atoms with Gasteiger partial charge in [-0.3, -0.25) is 0 Å². The van der Waals surface area contributed by atoms with Crippen LogP contribution in [0, 0.1) is 17.9 Å². The summed E-state index contributed by atoms with van der Waals surface area (Å²) in [5, 5.41) is 50.6. The lowest BCUT2D eigenvalue weighted by molar-refractivity contribution is 0.0581. The summed E-state index contributed by atoms with van der Waals surface area (Å²) in [4.78, 5) is 55.0. The Kier molecular flexibility index (Phi) is 30.3. The number of hydrogen-bond acceptors (Lipinski definition) is 18. The number of halogens is 5. The molecule has 4 N–H and O–H groups in total. The summed E-state index contributed by atoms with van der Waals surface area (Å²) in [5.41, 5.74) is 11.8. The Morgan fingerprint density at radius 1 is 0.417 bits per heavy atom. The monoisotopic (exact) mass is 2010 g/mol. The molecule has 18 aromatic rings. The van der Waals surface area contributed by atoms with Crippen molar-refractivity contribution in [1.82, 2.24) is 59.9 Å². The normalized spacial score (nSPS) is 10.6. The zero-order valence-electron chi connectivity index (χ0n) is 66.8. The number of H-pyrrole nitrogens is 3. The van der Waals surface area contributed by atoms with E-state index >= 15 is 0 Å². The van der Waals surface area contributed by atoms with Gasteiger partial charge in [0, 0.05) is 99.8 Å². The molecule has 18 rings (SSSR count). The molecular weight excluding hydrogens is 1940 g/mol. The van der Waals surface area contributed by atoms with Gasteiger partial charge in [-0.25, -0.2) is 24.0 Å². The number of ether oxygens (including phenoxy) is 7. The number of hydrogen-bond donors (Lipinski definition) is 4. The number of nitrogens with one attached hydrogen (secondary N) is 3. The van der Waals surface area contributed by atoms with Crippen LogP contribution in [0.5, 0.6) is 46.0 Å². The summed E-state index contributed by atoms with van der Waals surface area (Å²) >= 11 is 17.6. The lowest BCUT2D eigenvalue weighted by atomic mass is 10.1. The molecule has 127 heavy (non-hydrogen) atoms. The average molecular weight is 2010 g/mol. The van der Waals surface area contributed by atoms with E-state index in [1.54, 1.807) is 28.8 Å². The van der Waals surface area contributed by atoms with Crippen LogP contribution in [0.3, 0.4) is 0 Å². The first-order valence-corrected chi connectivity index (χ1v) is 42.5. The summed E-state index contributed by atoms with van der Waals surface area (Å²) in [5.74, 6) is 4.31. The molecule has 0 atom stereocenters. The van der Waals surface area contributed by atoms with E-state index in [0.29, 0.717) is 88.4 Å². The van der Waals surface area contributed by atoms with Gasteiger partial charge in [0.15, 0.2) is 5.69 Å². The van der Waals surface area contributed by atoms with Crippen LogP contribution >= 0.6 is 79.6 Å². The van der Waals surface area contributed by atoms with Crippen molar-refractivity contribution >= 4 is 153 Å². The summed E-state index contributed by atoms with van der Waals surface area (Å²) in [6, 6.07) is 92.3. The fraction of sp³-hybridized carbons (Fsp3) is 0.0833. The van der Waals surface area contributed by atoms with Gasteiger partial charge in [-0.15, -0.1) is 20.4 Å². The zero-order chi connectivity index (χ0) is 88.2. The molecule has 0 amide bonds. The number of tetrazole rings is 2. The molecule has 0 fully saturated rings. The highest BCUT2D eigenvalue weighted by Crippen LogP contribution is 2.40. The van der Waals surface area contributed by atoms with Crippen molar-refractivity contribution in [2.24, 2.45) is 0 Å². The van der Waals surface area contributed by atoms with Gasteiger partial charge in [-0.05, 0) is 206 Å². The van der Waals surface area contributed by atoms with E-state index in [4.69, 9.17) is 45.0 Å². The molecule has 634 valence electrons. The van der Waals surface area contributed by atoms with Crippen molar-refractivity contribution in [2.75, 3.05) is 21.3 Å². The Bertz CT molecular complexity index is 6960. The van der Waals surface area contributed by atoms with Crippen molar-refractivity contribution in [3.8, 4) is 74.8 Å². The van der Waals surface area contributed by atoms with Gasteiger partial charge in [0.05, 0.1) is 61.6 Å². The van der Waals surface area contributed by atoms with Crippen LogP contribution in [0.2, 0.25) is 0 Å². The van der Waals surface area contributed by atoms with Gasteiger partial charge in [0.1, 0.15) is 68.8 Å². The number of fused-ring (bicyclic) bond motifs is 4. The zero-order valence-corrected chi connectivity index (χ0v) is 74.7. The molecule has 0 aliphatic heterocycles. The molecule has 0 saturated heterocycles. The number of methoxy groups -OCH3 is 3. The van der Waals surface area contributed by atoms with E-state index in [9.17, 15) is 24.3 Å². The number of carboxylic acids is 1. The molecular formula is C96H73Br5N14O12. The van der Waals surface area contributed by atoms with E-state index in [2.05, 4.69) is 137 Å². The first-order valence-electron chi connectivity index (χ1n) is 38.2. The molecule has 31 heteroatoms. The van der Waals surface area contributed by atoms with E-state index in [0.717, 1.165) is 112 Å². The Balaban J connectivity index is 0.000000141. The second-order valence-corrected chi connectivity index (χ2v) is 31.4. The van der Waals surface area contributed by atoms with Gasteiger partial charge in [0.2, 0.25) is 11.6 Å². The fourth-order valence-electron chi connectivity index (χ4n) is 13.2. The number of esters is 3. The number of rotatable bonds is 21. The summed E-state index contributed by atoms with van der Waals surface area (Å²) in [7, 11) is 4.10. The summed E-state index contributed by atoms with van der Waals surface area (Å²) in [6.07, 6.45) is 0. The maximum absolute atomic E-state index is 12.6. The number of nitriles is 1. The van der Waals surface area contributed by atoms with Gasteiger partial charge in [-0.1, -0.05) is 181 Å². The van der Waals surface area contributed by atoms with Crippen LogP contribution in [0.25, 0.3) is 71.2 Å². The highest BCUT2D eigenvalue weighted by molar-refractivity contribution is 9.11. The third-order valence-corrected chi connectivity index (χ3v) is 22.5. The third-order valence-electron chi connectivity index (χ3n) is 19.3. The number of carboxylic acid groups (broad SMARTS) is 1. The number of aromatic amines is 3. The maximum Gasteiger partial charge on any atom is 0.354 e. The lowest BCUT2D eigenvalue weighted by Gasteiger charge is -2.12. The number of carbonyl (C=O) groups is 4. The van der Waals surface area contributed by atoms with Crippen molar-refractivity contribution in [3.63, 3.8) is 0 Å². The molecule has 0 radical (unpaired) electrons. The second kappa shape index (κ2) is 42.7. The van der Waals surface area contributed by atoms with Gasteiger partial charge in [0.25, 0.3) is 0 Å². The minimum atomic E-state index is -0.998. The fourth-order valence-corrected chi connectivity index (χ4v) is 15.8. The van der Waals surface area contributed by atoms with Crippen molar-refractivity contribution in [1.29, 1.82) is 5.26 Å². The van der Waals surface area contributed by atoms with Crippen molar-refractivity contribution in [2.45, 2.75) is 32.4 Å². The number of para-hydroxylation sites is 4. The smallest absolute Gasteiger partial charge is 0.354 e. The molecule has 26 nitrogen and oxygen atoms in total. The van der Waals surface area contributed by atoms with Crippen LogP contribution in [-0.4, -0.2) is 110 Å². The van der Waals surface area contributed by atoms with Crippen LogP contribution in [0.4, 0.5) is 5.69 Å². The number of carbonyl (C=O) groups excluding carboxylic acids is 3. The average Bonchev–Trinajstić information content (AvgIpc) is 1.63. The van der Waals surface area contributed by atoms with E-state index in [1.807, 2.05) is 276 Å². The Morgan fingerprint density at radius 3 is 1.09 bits per heavy atom. The topological polar surface area (TPSA) is 321 Å². The first kappa shape index (κ1) is 90.1. The molecule has 0 aliphatic rings. The molecule has 0 bridgehead atoms. The molecule has 6 heterocycles. The summed E-state index contributed by atoms with van der Waals surface area (Å²) < 4.78 is 47.4. The number of benzene rings is 12. The van der Waals surface area contributed by atoms with Crippen LogP contribution in [0.15, 0.2) is 309 Å². The number of aromatic nitrogens is 12. The molecule has 0 saturated carbocycles. The maximum atomic E-state index is 12.6. The SMILES string of the molecule is C.COC(=O)c1cc2c(Br)cc(Oc3ccccc3)cc2[nH]1.COC(=O)c1cc2c(Br)cc(Oc3ccccc3)cc2n1Cc1ccc(-c2nn[nH]n2)cc1.N#Cc1ccc(CBr)cc1.O=C(O)c1cc2c(Br)cc(Oc3ccccc3)cc2n1Cc1ccc(-c2nn[nH]n2)cc1.[C-]#[N+]c1ccc(Cn2c(C(=O)OC)cc3c(Br)cc(Oc4ccccc4)cc32)cc1. The molecule has 6 aromatic heterocycles.